The van der Waals surface area contributed by atoms with E-state index in [-0.39, 0.29) is 6.61 Å². The van der Waals surface area contributed by atoms with Crippen LogP contribution < -0.4 is 4.74 Å². The molecular weight excluding hydrogens is 448 g/mol. The molecule has 0 saturated heterocycles. The molecule has 0 aliphatic heterocycles. The first-order valence-corrected chi connectivity index (χ1v) is 10.4. The van der Waals surface area contributed by atoms with Crippen LogP contribution in [0.25, 0.3) is 22.8 Å². The van der Waals surface area contributed by atoms with E-state index in [0.717, 1.165) is 11.3 Å². The molecule has 13 heteroatoms. The molecule has 0 bridgehead atoms. The predicted molar refractivity (Wildman–Crippen MR) is 115 cm³/mol. The highest BCUT2D eigenvalue weighted by Gasteiger charge is 2.19. The number of hydrogen-bond donors (Lipinski definition) is 0. The fourth-order valence-electron chi connectivity index (χ4n) is 3.19. The zero-order chi connectivity index (χ0) is 22.6. The Labute approximate surface area is 192 Å². The molecule has 0 radical (unpaired) electrons. The van der Waals surface area contributed by atoms with Gasteiger partial charge in [-0.05, 0) is 35.0 Å². The zero-order valence-corrected chi connectivity index (χ0v) is 18.2. The Balaban J connectivity index is 1.38. The van der Waals surface area contributed by atoms with Gasteiger partial charge in [0.1, 0.15) is 12.9 Å². The minimum atomic E-state index is 0.221. The smallest absolute Gasteiger partial charge is 0.261 e. The SMILES string of the molecule is CCn1ncc(-c2nc(-c3cncc(Cn4cnnn4)c3)no2)c1COc1ccc(Cl)cn1. The van der Waals surface area contributed by atoms with Crippen molar-refractivity contribution in [3.63, 3.8) is 0 Å². The summed E-state index contributed by atoms with van der Waals surface area (Å²) in [5.41, 5.74) is 3.08. The van der Waals surface area contributed by atoms with Crippen LogP contribution >= 0.6 is 11.6 Å². The molecule has 0 fully saturated rings. The van der Waals surface area contributed by atoms with Gasteiger partial charge in [-0.2, -0.15) is 10.1 Å². The number of tetrazole rings is 1. The number of aromatic nitrogens is 10. The van der Waals surface area contributed by atoms with Crippen molar-refractivity contribution in [2.75, 3.05) is 0 Å². The van der Waals surface area contributed by atoms with E-state index in [2.05, 4.69) is 40.7 Å². The molecule has 0 aliphatic carbocycles. The van der Waals surface area contributed by atoms with Crippen molar-refractivity contribution in [3.8, 4) is 28.7 Å². The summed E-state index contributed by atoms with van der Waals surface area (Å²) >= 11 is 5.89. The predicted octanol–water partition coefficient (Wildman–Crippen LogP) is 2.68. The summed E-state index contributed by atoms with van der Waals surface area (Å²) in [5.74, 6) is 1.19. The average Bonchev–Trinajstić information content (AvgIpc) is 3.59. The molecule has 5 rings (SSSR count). The first kappa shape index (κ1) is 20.7. The Morgan fingerprint density at radius 3 is 2.88 bits per heavy atom. The molecule has 33 heavy (non-hydrogen) atoms. The van der Waals surface area contributed by atoms with Crippen LogP contribution in [-0.4, -0.2) is 50.1 Å². The van der Waals surface area contributed by atoms with Crippen molar-refractivity contribution in [1.29, 1.82) is 0 Å². The van der Waals surface area contributed by atoms with Gasteiger partial charge in [0.05, 0.1) is 29.0 Å². The maximum absolute atomic E-state index is 5.89. The maximum atomic E-state index is 5.89. The largest absolute Gasteiger partial charge is 0.471 e. The van der Waals surface area contributed by atoms with Crippen molar-refractivity contribution in [2.24, 2.45) is 0 Å². The van der Waals surface area contributed by atoms with E-state index in [0.29, 0.717) is 46.8 Å². The van der Waals surface area contributed by atoms with E-state index < -0.39 is 0 Å². The second-order valence-electron chi connectivity index (χ2n) is 6.94. The number of nitrogens with zero attached hydrogens (tertiary/aromatic N) is 10. The highest BCUT2D eigenvalue weighted by molar-refractivity contribution is 6.30. The van der Waals surface area contributed by atoms with Crippen LogP contribution in [0.15, 0.2) is 53.8 Å². The Hall–Kier alpha value is -4.19. The number of ether oxygens (including phenoxy) is 1. The normalized spacial score (nSPS) is 11.1. The molecule has 0 unspecified atom stereocenters. The first-order chi connectivity index (χ1) is 16.2. The summed E-state index contributed by atoms with van der Waals surface area (Å²) in [6.07, 6.45) is 8.15. The topological polar surface area (TPSA) is 135 Å². The van der Waals surface area contributed by atoms with Gasteiger partial charge in [0, 0.05) is 36.8 Å². The van der Waals surface area contributed by atoms with Gasteiger partial charge >= 0.3 is 0 Å². The van der Waals surface area contributed by atoms with Crippen LogP contribution in [0.1, 0.15) is 18.2 Å². The summed E-state index contributed by atoms with van der Waals surface area (Å²) in [7, 11) is 0. The monoisotopic (exact) mass is 464 g/mol. The molecule has 0 spiro atoms. The summed E-state index contributed by atoms with van der Waals surface area (Å²) in [5, 5.41) is 20.2. The van der Waals surface area contributed by atoms with Crippen molar-refractivity contribution in [3.05, 3.63) is 65.6 Å². The molecule has 0 N–H and O–H groups in total. The van der Waals surface area contributed by atoms with E-state index in [1.165, 1.54) is 12.5 Å². The lowest BCUT2D eigenvalue weighted by Crippen LogP contribution is -2.07. The number of hydrogen-bond acceptors (Lipinski definition) is 10. The van der Waals surface area contributed by atoms with Gasteiger partial charge in [-0.25, -0.2) is 9.67 Å². The minimum Gasteiger partial charge on any atom is -0.471 e. The number of aryl methyl sites for hydroxylation is 1. The number of halogens is 1. The third kappa shape index (κ3) is 4.55. The van der Waals surface area contributed by atoms with Crippen molar-refractivity contribution in [1.82, 2.24) is 50.1 Å². The lowest BCUT2D eigenvalue weighted by molar-refractivity contribution is 0.281. The van der Waals surface area contributed by atoms with Crippen LogP contribution in [0.4, 0.5) is 0 Å². The van der Waals surface area contributed by atoms with Crippen molar-refractivity contribution < 1.29 is 9.26 Å². The molecular formula is C20H17ClN10O2. The Bertz CT molecular complexity index is 1350. The maximum Gasteiger partial charge on any atom is 0.261 e. The van der Waals surface area contributed by atoms with Crippen LogP contribution in [0, 0.1) is 0 Å². The molecule has 0 aliphatic rings. The van der Waals surface area contributed by atoms with Crippen LogP contribution in [-0.2, 0) is 19.7 Å². The molecule has 0 amide bonds. The van der Waals surface area contributed by atoms with E-state index in [9.17, 15) is 0 Å². The quantitative estimate of drug-likeness (QED) is 0.337. The second kappa shape index (κ2) is 9.12. The third-order valence-electron chi connectivity index (χ3n) is 4.75. The summed E-state index contributed by atoms with van der Waals surface area (Å²) < 4.78 is 14.8. The van der Waals surface area contributed by atoms with Crippen LogP contribution in [0.5, 0.6) is 5.88 Å². The third-order valence-corrected chi connectivity index (χ3v) is 4.97. The van der Waals surface area contributed by atoms with Gasteiger partial charge in [0.2, 0.25) is 11.7 Å². The van der Waals surface area contributed by atoms with E-state index in [1.807, 2.05) is 17.7 Å². The van der Waals surface area contributed by atoms with Crippen LogP contribution in [0.2, 0.25) is 5.02 Å². The molecule has 0 atom stereocenters. The molecule has 166 valence electrons. The highest BCUT2D eigenvalue weighted by Crippen LogP contribution is 2.26. The molecule has 5 aromatic rings. The van der Waals surface area contributed by atoms with Gasteiger partial charge in [0.15, 0.2) is 0 Å². The van der Waals surface area contributed by atoms with Gasteiger partial charge in [-0.1, -0.05) is 16.8 Å². The Morgan fingerprint density at radius 2 is 2.09 bits per heavy atom. The molecule has 5 heterocycles. The number of pyridine rings is 2. The van der Waals surface area contributed by atoms with Gasteiger partial charge < -0.3 is 9.26 Å². The lowest BCUT2D eigenvalue weighted by atomic mass is 10.2. The molecule has 12 nitrogen and oxygen atoms in total. The average molecular weight is 465 g/mol. The van der Waals surface area contributed by atoms with Gasteiger partial charge in [0.25, 0.3) is 5.89 Å². The summed E-state index contributed by atoms with van der Waals surface area (Å²) in [6.45, 7) is 3.33. The minimum absolute atomic E-state index is 0.221. The Kier molecular flexibility index (Phi) is 5.72. The van der Waals surface area contributed by atoms with Crippen molar-refractivity contribution >= 4 is 11.6 Å². The first-order valence-electron chi connectivity index (χ1n) is 9.98. The summed E-state index contributed by atoms with van der Waals surface area (Å²) in [6, 6.07) is 5.33. The standard InChI is InChI=1S/C20H17ClN10O2/c1-2-31-17(11-32-18-4-3-15(21)8-23-18)16(9-25-31)20-26-19(27-33-20)14-5-13(6-22-7-14)10-30-12-24-28-29-30/h3-9,12H,2,10-11H2,1H3. The van der Waals surface area contributed by atoms with E-state index in [1.54, 1.807) is 35.4 Å². The van der Waals surface area contributed by atoms with Gasteiger partial charge in [-0.15, -0.1) is 5.10 Å². The van der Waals surface area contributed by atoms with Gasteiger partial charge in [-0.3, -0.25) is 9.67 Å². The fraction of sp³-hybridized carbons (Fsp3) is 0.200. The lowest BCUT2D eigenvalue weighted by Gasteiger charge is -2.08. The van der Waals surface area contributed by atoms with Crippen molar-refractivity contribution in [2.45, 2.75) is 26.6 Å². The number of rotatable bonds is 8. The molecule has 0 saturated carbocycles. The van der Waals surface area contributed by atoms with E-state index >= 15 is 0 Å². The second-order valence-corrected chi connectivity index (χ2v) is 7.37. The van der Waals surface area contributed by atoms with Crippen LogP contribution in [0.3, 0.4) is 0 Å². The molecule has 5 aromatic heterocycles. The molecule has 0 aromatic carbocycles. The summed E-state index contributed by atoms with van der Waals surface area (Å²) in [4.78, 5) is 13.0. The van der Waals surface area contributed by atoms with E-state index in [4.69, 9.17) is 20.9 Å². The Morgan fingerprint density at radius 1 is 1.15 bits per heavy atom. The zero-order valence-electron chi connectivity index (χ0n) is 17.4. The fourth-order valence-corrected chi connectivity index (χ4v) is 3.30. The highest BCUT2D eigenvalue weighted by atomic mass is 35.5.